The van der Waals surface area contributed by atoms with Crippen molar-refractivity contribution in [3.63, 3.8) is 0 Å². The number of amides is 1. The number of thioether (sulfide) groups is 1. The normalized spacial score (nSPS) is 10.4. The fourth-order valence-corrected chi connectivity index (χ4v) is 2.50. The highest BCUT2D eigenvalue weighted by atomic mass is 32.2. The molecule has 0 fully saturated rings. The monoisotopic (exact) mass is 338 g/mol. The predicted octanol–water partition coefficient (Wildman–Crippen LogP) is 3.91. The first-order chi connectivity index (χ1) is 10.9. The first kappa shape index (κ1) is 16.9. The second-order valence-corrected chi connectivity index (χ2v) is 5.69. The van der Waals surface area contributed by atoms with Gasteiger partial charge in [0.05, 0.1) is 16.4 Å². The maximum Gasteiger partial charge on any atom is 0.271 e. The Bertz CT molecular complexity index is 768. The molecule has 1 amide bonds. The molecule has 0 heterocycles. The highest BCUT2D eigenvalue weighted by Gasteiger charge is 2.12. The molecule has 1 N–H and O–H groups in total. The number of non-ortho nitro benzene ring substituents is 1. The van der Waals surface area contributed by atoms with E-state index in [1.54, 1.807) is 6.92 Å². The van der Waals surface area contributed by atoms with Crippen LogP contribution >= 0.6 is 11.8 Å². The molecule has 120 valence electrons. The van der Waals surface area contributed by atoms with Crippen LogP contribution in [0.1, 0.15) is 5.56 Å². The standard InChI is InChI=1S/C15H12F2N2O3S/c1-9-2-4-11(19(21)22)7-13(9)18-15(20)8-23-14-5-3-10(16)6-12(14)17/h2-7H,8H2,1H3,(H,18,20). The predicted molar refractivity (Wildman–Crippen MR) is 83.5 cm³/mol. The summed E-state index contributed by atoms with van der Waals surface area (Å²) in [5.74, 6) is -1.98. The molecule has 0 spiro atoms. The Hall–Kier alpha value is -2.48. The van der Waals surface area contributed by atoms with Gasteiger partial charge in [-0.25, -0.2) is 8.78 Å². The number of nitrogens with zero attached hydrogens (tertiary/aromatic N) is 1. The third kappa shape index (κ3) is 4.49. The molecule has 8 heteroatoms. The van der Waals surface area contributed by atoms with Gasteiger partial charge in [0.25, 0.3) is 5.69 Å². The molecule has 2 aromatic rings. The second kappa shape index (κ2) is 7.19. The van der Waals surface area contributed by atoms with E-state index < -0.39 is 22.5 Å². The second-order valence-electron chi connectivity index (χ2n) is 4.67. The van der Waals surface area contributed by atoms with Crippen molar-refractivity contribution in [2.24, 2.45) is 0 Å². The number of benzene rings is 2. The number of carbonyl (C=O) groups excluding carboxylic acids is 1. The van der Waals surface area contributed by atoms with Crippen LogP contribution in [-0.4, -0.2) is 16.6 Å². The Labute approximate surface area is 134 Å². The van der Waals surface area contributed by atoms with Gasteiger partial charge in [-0.2, -0.15) is 0 Å². The van der Waals surface area contributed by atoms with Crippen molar-refractivity contribution in [1.82, 2.24) is 0 Å². The van der Waals surface area contributed by atoms with Crippen LogP contribution in [-0.2, 0) is 4.79 Å². The molecule has 0 aliphatic rings. The van der Waals surface area contributed by atoms with E-state index in [2.05, 4.69) is 5.32 Å². The third-order valence-corrected chi connectivity index (χ3v) is 4.01. The van der Waals surface area contributed by atoms with Crippen molar-refractivity contribution in [3.8, 4) is 0 Å². The quantitative estimate of drug-likeness (QED) is 0.510. The molecule has 2 rings (SSSR count). The number of rotatable bonds is 5. The number of anilines is 1. The van der Waals surface area contributed by atoms with Crippen LogP contribution in [0.4, 0.5) is 20.2 Å². The van der Waals surface area contributed by atoms with Crippen molar-refractivity contribution < 1.29 is 18.5 Å². The van der Waals surface area contributed by atoms with Gasteiger partial charge in [0.2, 0.25) is 5.91 Å². The van der Waals surface area contributed by atoms with E-state index in [0.29, 0.717) is 11.3 Å². The topological polar surface area (TPSA) is 72.2 Å². The van der Waals surface area contributed by atoms with Crippen LogP contribution in [0.25, 0.3) is 0 Å². The number of aryl methyl sites for hydroxylation is 1. The molecule has 5 nitrogen and oxygen atoms in total. The summed E-state index contributed by atoms with van der Waals surface area (Å²) < 4.78 is 26.3. The molecular weight excluding hydrogens is 326 g/mol. The van der Waals surface area contributed by atoms with E-state index in [4.69, 9.17) is 0 Å². The summed E-state index contributed by atoms with van der Waals surface area (Å²) in [6.45, 7) is 1.70. The highest BCUT2D eigenvalue weighted by molar-refractivity contribution is 8.00. The Kier molecular flexibility index (Phi) is 5.28. The number of nitro groups is 1. The van der Waals surface area contributed by atoms with Crippen LogP contribution in [0.3, 0.4) is 0 Å². The van der Waals surface area contributed by atoms with Crippen LogP contribution in [0.2, 0.25) is 0 Å². The van der Waals surface area contributed by atoms with Crippen LogP contribution in [0.15, 0.2) is 41.3 Å². The summed E-state index contributed by atoms with van der Waals surface area (Å²) in [7, 11) is 0. The number of carbonyl (C=O) groups is 1. The number of halogens is 2. The largest absolute Gasteiger partial charge is 0.325 e. The highest BCUT2D eigenvalue weighted by Crippen LogP contribution is 2.24. The SMILES string of the molecule is Cc1ccc([N+](=O)[O-])cc1NC(=O)CSc1ccc(F)cc1F. The van der Waals surface area contributed by atoms with Gasteiger partial charge >= 0.3 is 0 Å². The van der Waals surface area contributed by atoms with Gasteiger partial charge in [0.15, 0.2) is 0 Å². The van der Waals surface area contributed by atoms with Gasteiger partial charge in [-0.3, -0.25) is 14.9 Å². The molecule has 23 heavy (non-hydrogen) atoms. The fraction of sp³-hybridized carbons (Fsp3) is 0.133. The van der Waals surface area contributed by atoms with E-state index in [9.17, 15) is 23.7 Å². The van der Waals surface area contributed by atoms with E-state index >= 15 is 0 Å². The van der Waals surface area contributed by atoms with Crippen molar-refractivity contribution >= 4 is 29.0 Å². The van der Waals surface area contributed by atoms with E-state index in [0.717, 1.165) is 23.9 Å². The fourth-order valence-electron chi connectivity index (χ4n) is 1.78. The van der Waals surface area contributed by atoms with Gasteiger partial charge in [-0.05, 0) is 24.6 Å². The van der Waals surface area contributed by atoms with Crippen molar-refractivity contribution in [2.75, 3.05) is 11.1 Å². The number of hydrogen-bond donors (Lipinski definition) is 1. The molecule has 0 atom stereocenters. The third-order valence-electron chi connectivity index (χ3n) is 2.96. The lowest BCUT2D eigenvalue weighted by Crippen LogP contribution is -2.15. The van der Waals surface area contributed by atoms with Crippen LogP contribution in [0.5, 0.6) is 0 Å². The summed E-state index contributed by atoms with van der Waals surface area (Å²) in [5, 5.41) is 13.3. The van der Waals surface area contributed by atoms with Gasteiger partial charge in [0, 0.05) is 23.1 Å². The van der Waals surface area contributed by atoms with Crippen molar-refractivity contribution in [3.05, 3.63) is 63.7 Å². The van der Waals surface area contributed by atoms with Crippen LogP contribution < -0.4 is 5.32 Å². The minimum atomic E-state index is -0.741. The maximum atomic E-state index is 13.5. The Balaban J connectivity index is 2.02. The lowest BCUT2D eigenvalue weighted by Gasteiger charge is -2.08. The van der Waals surface area contributed by atoms with Gasteiger partial charge < -0.3 is 5.32 Å². The van der Waals surface area contributed by atoms with E-state index in [-0.39, 0.29) is 16.3 Å². The summed E-state index contributed by atoms with van der Waals surface area (Å²) in [6, 6.07) is 7.23. The van der Waals surface area contributed by atoms with Gasteiger partial charge in [-0.15, -0.1) is 11.8 Å². The zero-order chi connectivity index (χ0) is 17.0. The number of nitro benzene ring substituents is 1. The molecule has 0 radical (unpaired) electrons. The molecular formula is C15H12F2N2O3S. The molecule has 0 aliphatic heterocycles. The van der Waals surface area contributed by atoms with E-state index in [1.807, 2.05) is 0 Å². The molecule has 0 aromatic heterocycles. The lowest BCUT2D eigenvalue weighted by atomic mass is 10.2. The lowest BCUT2D eigenvalue weighted by molar-refractivity contribution is -0.384. The van der Waals surface area contributed by atoms with Crippen LogP contribution in [0, 0.1) is 28.7 Å². The number of hydrogen-bond acceptors (Lipinski definition) is 4. The smallest absolute Gasteiger partial charge is 0.271 e. The minimum absolute atomic E-state index is 0.106. The maximum absolute atomic E-state index is 13.5. The summed E-state index contributed by atoms with van der Waals surface area (Å²) in [6.07, 6.45) is 0. The van der Waals surface area contributed by atoms with E-state index in [1.165, 1.54) is 24.3 Å². The molecule has 2 aromatic carbocycles. The molecule has 0 unspecified atom stereocenters. The summed E-state index contributed by atoms with van der Waals surface area (Å²) >= 11 is 0.912. The van der Waals surface area contributed by atoms with Gasteiger partial charge in [-0.1, -0.05) is 6.07 Å². The van der Waals surface area contributed by atoms with Crippen molar-refractivity contribution in [2.45, 2.75) is 11.8 Å². The van der Waals surface area contributed by atoms with Crippen molar-refractivity contribution in [1.29, 1.82) is 0 Å². The molecule has 0 aliphatic carbocycles. The zero-order valence-corrected chi connectivity index (χ0v) is 12.8. The average Bonchev–Trinajstić information content (AvgIpc) is 2.48. The Morgan fingerprint density at radius 2 is 2.00 bits per heavy atom. The molecule has 0 saturated heterocycles. The molecule has 0 bridgehead atoms. The Morgan fingerprint density at radius 1 is 1.26 bits per heavy atom. The minimum Gasteiger partial charge on any atom is -0.325 e. The van der Waals surface area contributed by atoms with Gasteiger partial charge in [0.1, 0.15) is 11.6 Å². The summed E-state index contributed by atoms with van der Waals surface area (Å²) in [4.78, 5) is 22.2. The number of nitrogens with one attached hydrogen (secondary N) is 1. The first-order valence-corrected chi connectivity index (χ1v) is 7.48. The average molecular weight is 338 g/mol. The molecule has 0 saturated carbocycles. The zero-order valence-electron chi connectivity index (χ0n) is 12.0. The summed E-state index contributed by atoms with van der Waals surface area (Å²) in [5.41, 5.74) is 0.856. The Morgan fingerprint density at radius 3 is 2.65 bits per heavy atom. The first-order valence-electron chi connectivity index (χ1n) is 6.49.